The van der Waals surface area contributed by atoms with Crippen LogP contribution in [-0.4, -0.2) is 22.5 Å². The summed E-state index contributed by atoms with van der Waals surface area (Å²) in [5.74, 6) is 0. The molecule has 0 spiro atoms. The van der Waals surface area contributed by atoms with Crippen molar-refractivity contribution in [1.29, 1.82) is 0 Å². The fraction of sp³-hybridized carbons (Fsp3) is 0.889. The Bertz CT molecular complexity index is 153. The summed E-state index contributed by atoms with van der Waals surface area (Å²) >= 11 is 0. The van der Waals surface area contributed by atoms with Crippen LogP contribution in [0.25, 0.3) is 0 Å². The SMILES string of the molecule is CCC(C)(O)C(C)=NC(C)C.[Tm]. The molecule has 79 valence electrons. The average molecular weight is 326 g/mol. The van der Waals surface area contributed by atoms with Crippen LogP contribution in [0.5, 0.6) is 0 Å². The van der Waals surface area contributed by atoms with Crippen LogP contribution in [-0.2, 0) is 0 Å². The number of nitrogens with zero attached hydrogens (tertiary/aromatic N) is 1. The van der Waals surface area contributed by atoms with E-state index in [1.165, 1.54) is 0 Å². The molecule has 2 nitrogen and oxygen atoms in total. The van der Waals surface area contributed by atoms with Gasteiger partial charge in [-0.15, -0.1) is 0 Å². The van der Waals surface area contributed by atoms with Gasteiger partial charge in [0, 0.05) is 48.6 Å². The summed E-state index contributed by atoms with van der Waals surface area (Å²) in [5, 5.41) is 9.71. The molecule has 0 aliphatic rings. The third kappa shape index (κ3) is 5.50. The molecule has 0 aromatic rings. The molecule has 0 saturated carbocycles. The van der Waals surface area contributed by atoms with Crippen LogP contribution >= 0.6 is 0 Å². The number of aliphatic hydroxyl groups is 1. The van der Waals surface area contributed by atoms with E-state index in [2.05, 4.69) is 4.99 Å². The minimum atomic E-state index is -0.718. The zero-order valence-corrected chi connectivity index (χ0v) is 10.2. The van der Waals surface area contributed by atoms with Gasteiger partial charge in [-0.3, -0.25) is 4.99 Å². The summed E-state index contributed by atoms with van der Waals surface area (Å²) in [6, 6.07) is 0.271. The van der Waals surface area contributed by atoms with E-state index >= 15 is 0 Å². The van der Waals surface area contributed by atoms with E-state index in [0.29, 0.717) is 0 Å². The Labute approximate surface area is 105 Å². The quantitative estimate of drug-likeness (QED) is 0.791. The first kappa shape index (κ1) is 15.3. The molecule has 0 rings (SSSR count). The van der Waals surface area contributed by atoms with Crippen molar-refractivity contribution in [2.45, 2.75) is 52.7 Å². The second kappa shape index (κ2) is 6.34. The number of hydrogen-bond donors (Lipinski definition) is 1. The van der Waals surface area contributed by atoms with Crippen LogP contribution < -0.4 is 0 Å². The fourth-order valence-electron chi connectivity index (χ4n) is 0.782. The summed E-state index contributed by atoms with van der Waals surface area (Å²) in [6.45, 7) is 9.65. The topological polar surface area (TPSA) is 32.6 Å². The zero-order chi connectivity index (χ0) is 9.07. The molecule has 1 N–H and O–H groups in total. The van der Waals surface area contributed by atoms with Crippen molar-refractivity contribution in [2.24, 2.45) is 4.99 Å². The first-order chi connectivity index (χ1) is 4.90. The molecular formula is C9H19NOTm. The van der Waals surface area contributed by atoms with Crippen molar-refractivity contribution < 1.29 is 42.0 Å². The van der Waals surface area contributed by atoms with Gasteiger partial charge in [-0.05, 0) is 34.1 Å². The Balaban J connectivity index is 0. The van der Waals surface area contributed by atoms with Gasteiger partial charge < -0.3 is 5.11 Å². The number of hydrogen-bond acceptors (Lipinski definition) is 2. The predicted octanol–water partition coefficient (Wildman–Crippen LogP) is 2.02. The molecule has 0 saturated heterocycles. The summed E-state index contributed by atoms with van der Waals surface area (Å²) in [6.07, 6.45) is 0.717. The fourth-order valence-corrected chi connectivity index (χ4v) is 0.782. The van der Waals surface area contributed by atoms with Gasteiger partial charge in [0.25, 0.3) is 0 Å². The van der Waals surface area contributed by atoms with Crippen LogP contribution in [0.15, 0.2) is 4.99 Å². The molecule has 0 aliphatic carbocycles. The van der Waals surface area contributed by atoms with E-state index in [9.17, 15) is 5.11 Å². The molecule has 12 heavy (non-hydrogen) atoms. The normalized spacial score (nSPS) is 17.1. The Morgan fingerprint density at radius 1 is 1.50 bits per heavy atom. The maximum absolute atomic E-state index is 9.71. The van der Waals surface area contributed by atoms with Gasteiger partial charge in [-0.2, -0.15) is 0 Å². The van der Waals surface area contributed by atoms with E-state index < -0.39 is 5.60 Å². The maximum atomic E-state index is 9.71. The number of aliphatic imine (C=N–C) groups is 1. The molecule has 3 heteroatoms. The van der Waals surface area contributed by atoms with Gasteiger partial charge in [0.05, 0.1) is 5.60 Å². The van der Waals surface area contributed by atoms with Crippen molar-refractivity contribution in [3.8, 4) is 0 Å². The van der Waals surface area contributed by atoms with E-state index in [1.54, 1.807) is 6.92 Å². The van der Waals surface area contributed by atoms with Gasteiger partial charge in [0.2, 0.25) is 0 Å². The Morgan fingerprint density at radius 2 is 1.92 bits per heavy atom. The molecule has 1 unspecified atom stereocenters. The van der Waals surface area contributed by atoms with Gasteiger partial charge in [-0.1, -0.05) is 6.92 Å². The molecule has 0 amide bonds. The summed E-state index contributed by atoms with van der Waals surface area (Å²) in [7, 11) is 0. The van der Waals surface area contributed by atoms with Crippen LogP contribution in [0.2, 0.25) is 0 Å². The third-order valence-corrected chi connectivity index (χ3v) is 1.92. The molecule has 1 radical (unpaired) electrons. The smallest absolute Gasteiger partial charge is 0.0989 e. The monoisotopic (exact) mass is 326 g/mol. The van der Waals surface area contributed by atoms with Crippen molar-refractivity contribution in [1.82, 2.24) is 0 Å². The summed E-state index contributed by atoms with van der Waals surface area (Å²) < 4.78 is 0. The molecular weight excluding hydrogens is 307 g/mol. The van der Waals surface area contributed by atoms with Crippen LogP contribution in [0, 0.1) is 36.9 Å². The molecule has 1 atom stereocenters. The Kier molecular flexibility index (Phi) is 8.10. The second-order valence-electron chi connectivity index (χ2n) is 3.44. The minimum Gasteiger partial charge on any atom is -0.384 e. The van der Waals surface area contributed by atoms with E-state index in [0.717, 1.165) is 12.1 Å². The van der Waals surface area contributed by atoms with Crippen molar-refractivity contribution in [3.63, 3.8) is 0 Å². The van der Waals surface area contributed by atoms with E-state index in [1.807, 2.05) is 27.7 Å². The Morgan fingerprint density at radius 3 is 2.17 bits per heavy atom. The molecule has 0 fully saturated rings. The number of rotatable bonds is 3. The van der Waals surface area contributed by atoms with Gasteiger partial charge in [-0.25, -0.2) is 0 Å². The van der Waals surface area contributed by atoms with E-state index in [-0.39, 0.29) is 42.9 Å². The van der Waals surface area contributed by atoms with Crippen LogP contribution in [0.1, 0.15) is 41.0 Å². The standard InChI is InChI=1S/C9H19NO.Tm/c1-6-9(5,11)8(4)10-7(2)3;/h7,11H,6H2,1-5H3;. The van der Waals surface area contributed by atoms with Gasteiger partial charge in [0.1, 0.15) is 0 Å². The van der Waals surface area contributed by atoms with E-state index in [4.69, 9.17) is 0 Å². The van der Waals surface area contributed by atoms with Crippen molar-refractivity contribution >= 4 is 5.71 Å². The van der Waals surface area contributed by atoms with Crippen molar-refractivity contribution in [3.05, 3.63) is 0 Å². The largest absolute Gasteiger partial charge is 0.384 e. The Hall–Kier alpha value is 0.864. The van der Waals surface area contributed by atoms with Crippen LogP contribution in [0.4, 0.5) is 0 Å². The molecule has 0 aromatic heterocycles. The van der Waals surface area contributed by atoms with Crippen LogP contribution in [0.3, 0.4) is 0 Å². The molecule has 0 bridgehead atoms. The second-order valence-corrected chi connectivity index (χ2v) is 3.44. The zero-order valence-electron chi connectivity index (χ0n) is 8.46. The first-order valence-corrected chi connectivity index (χ1v) is 4.17. The summed E-state index contributed by atoms with van der Waals surface area (Å²) in [4.78, 5) is 4.29. The minimum absolute atomic E-state index is 0. The van der Waals surface area contributed by atoms with Crippen molar-refractivity contribution in [2.75, 3.05) is 0 Å². The molecule has 0 aliphatic heterocycles. The molecule has 0 heterocycles. The summed E-state index contributed by atoms with van der Waals surface area (Å²) in [5.41, 5.74) is 0.111. The van der Waals surface area contributed by atoms with Gasteiger partial charge >= 0.3 is 0 Å². The third-order valence-electron chi connectivity index (χ3n) is 1.92. The first-order valence-electron chi connectivity index (χ1n) is 4.17. The molecule has 0 aromatic carbocycles. The predicted molar refractivity (Wildman–Crippen MR) is 49.2 cm³/mol. The van der Waals surface area contributed by atoms with Gasteiger partial charge in [0.15, 0.2) is 0 Å². The maximum Gasteiger partial charge on any atom is 0.0989 e. The average Bonchev–Trinajstić information content (AvgIpc) is 1.86.